The van der Waals surface area contributed by atoms with Gasteiger partial charge in [0.25, 0.3) is 0 Å². The second-order valence-electron chi connectivity index (χ2n) is 6.06. The van der Waals surface area contributed by atoms with Gasteiger partial charge in [-0.15, -0.1) is 0 Å². The first-order valence-electron chi connectivity index (χ1n) is 7.58. The van der Waals surface area contributed by atoms with Gasteiger partial charge < -0.3 is 10.4 Å². The molecule has 21 heavy (non-hydrogen) atoms. The zero-order valence-electron chi connectivity index (χ0n) is 12.4. The largest absolute Gasteiger partial charge is 0.388 e. The van der Waals surface area contributed by atoms with Crippen LogP contribution in [0.25, 0.3) is 0 Å². The molecule has 2 atom stereocenters. The molecule has 1 fully saturated rings. The molecule has 1 aliphatic carbocycles. The molecule has 0 amide bonds. The summed E-state index contributed by atoms with van der Waals surface area (Å²) >= 11 is 0. The molecule has 2 unspecified atom stereocenters. The van der Waals surface area contributed by atoms with Gasteiger partial charge in [0.15, 0.2) is 0 Å². The van der Waals surface area contributed by atoms with E-state index in [-0.39, 0.29) is 17.6 Å². The maximum Gasteiger partial charge on any atom is 0.0858 e. The van der Waals surface area contributed by atoms with Gasteiger partial charge in [-0.25, -0.2) is 0 Å². The molecular weight excluding hydrogens is 260 g/mol. The van der Waals surface area contributed by atoms with Gasteiger partial charge in [0, 0.05) is 30.4 Å². The Balaban J connectivity index is 1.62. The lowest BCUT2D eigenvalue weighted by Gasteiger charge is -2.25. The smallest absolute Gasteiger partial charge is 0.0858 e. The summed E-state index contributed by atoms with van der Waals surface area (Å²) in [6.45, 7) is 2.97. The third kappa shape index (κ3) is 3.14. The number of benzene rings is 1. The molecule has 1 aromatic carbocycles. The number of aliphatic hydroxyl groups excluding tert-OH is 1. The highest BCUT2D eigenvalue weighted by Gasteiger charge is 2.49. The topological polar surface area (TPSA) is 45.1 Å². The van der Waals surface area contributed by atoms with Crippen molar-refractivity contribution in [3.05, 3.63) is 66.0 Å². The van der Waals surface area contributed by atoms with Crippen LogP contribution < -0.4 is 5.32 Å². The summed E-state index contributed by atoms with van der Waals surface area (Å²) in [7, 11) is 0. The van der Waals surface area contributed by atoms with Crippen molar-refractivity contribution >= 4 is 0 Å². The van der Waals surface area contributed by atoms with E-state index in [1.54, 1.807) is 6.20 Å². The summed E-state index contributed by atoms with van der Waals surface area (Å²) in [5, 5.41) is 14.2. The van der Waals surface area contributed by atoms with E-state index in [0.717, 1.165) is 24.9 Å². The normalized spacial score (nSPS) is 19.0. The molecule has 1 aliphatic rings. The van der Waals surface area contributed by atoms with Crippen molar-refractivity contribution in [1.29, 1.82) is 0 Å². The van der Waals surface area contributed by atoms with Gasteiger partial charge >= 0.3 is 0 Å². The lowest BCUT2D eigenvalue weighted by atomic mass is 9.92. The Morgan fingerprint density at radius 1 is 1.14 bits per heavy atom. The molecule has 2 N–H and O–H groups in total. The quantitative estimate of drug-likeness (QED) is 0.855. The first-order valence-corrected chi connectivity index (χ1v) is 7.58. The van der Waals surface area contributed by atoms with Crippen molar-refractivity contribution in [3.63, 3.8) is 0 Å². The maximum atomic E-state index is 10.6. The predicted molar refractivity (Wildman–Crippen MR) is 83.7 cm³/mol. The number of nitrogens with one attached hydrogen (secondary N) is 1. The summed E-state index contributed by atoms with van der Waals surface area (Å²) in [6, 6.07) is 14.3. The number of pyridine rings is 1. The van der Waals surface area contributed by atoms with Crippen molar-refractivity contribution in [1.82, 2.24) is 10.3 Å². The zero-order valence-corrected chi connectivity index (χ0v) is 12.4. The van der Waals surface area contributed by atoms with E-state index < -0.39 is 0 Å². The Hall–Kier alpha value is -1.71. The van der Waals surface area contributed by atoms with Gasteiger partial charge in [-0.3, -0.25) is 4.98 Å². The molecule has 0 aliphatic heterocycles. The summed E-state index contributed by atoms with van der Waals surface area (Å²) in [6.07, 6.45) is 5.46. The van der Waals surface area contributed by atoms with Crippen LogP contribution in [-0.4, -0.2) is 16.6 Å². The number of rotatable bonds is 6. The minimum atomic E-state index is -0.382. The molecule has 1 aromatic heterocycles. The van der Waals surface area contributed by atoms with E-state index in [2.05, 4.69) is 23.3 Å². The monoisotopic (exact) mass is 282 g/mol. The van der Waals surface area contributed by atoms with Crippen LogP contribution in [0.15, 0.2) is 54.9 Å². The van der Waals surface area contributed by atoms with Gasteiger partial charge in [0.2, 0.25) is 0 Å². The molecular formula is C18H22N2O. The van der Waals surface area contributed by atoms with E-state index in [4.69, 9.17) is 0 Å². The first-order chi connectivity index (χ1) is 10.2. The molecule has 3 rings (SSSR count). The van der Waals surface area contributed by atoms with Crippen LogP contribution in [0.5, 0.6) is 0 Å². The third-order valence-corrected chi connectivity index (χ3v) is 4.53. The second kappa shape index (κ2) is 5.96. The van der Waals surface area contributed by atoms with Gasteiger partial charge in [-0.1, -0.05) is 36.4 Å². The molecule has 0 radical (unpaired) electrons. The van der Waals surface area contributed by atoms with Crippen molar-refractivity contribution in [2.24, 2.45) is 5.41 Å². The minimum absolute atomic E-state index is 0.00216. The average molecular weight is 282 g/mol. The molecule has 0 saturated heterocycles. The number of nitrogens with zero attached hydrogens (tertiary/aromatic N) is 1. The highest BCUT2D eigenvalue weighted by molar-refractivity contribution is 5.22. The Labute approximate surface area is 126 Å². The van der Waals surface area contributed by atoms with E-state index in [1.807, 2.05) is 42.6 Å². The summed E-state index contributed by atoms with van der Waals surface area (Å²) in [5.74, 6) is 0. The molecule has 3 heteroatoms. The zero-order chi connectivity index (χ0) is 14.7. The van der Waals surface area contributed by atoms with E-state index in [0.29, 0.717) is 0 Å². The summed E-state index contributed by atoms with van der Waals surface area (Å²) < 4.78 is 0. The average Bonchev–Trinajstić information content (AvgIpc) is 3.35. The highest BCUT2D eigenvalue weighted by atomic mass is 16.3. The molecule has 1 heterocycles. The Bertz CT molecular complexity index is 566. The fourth-order valence-electron chi connectivity index (χ4n) is 2.80. The lowest BCUT2D eigenvalue weighted by molar-refractivity contribution is 0.0903. The fourth-order valence-corrected chi connectivity index (χ4v) is 2.80. The Kier molecular flexibility index (Phi) is 4.04. The van der Waals surface area contributed by atoms with Crippen LogP contribution in [-0.2, 0) is 0 Å². The SMILES string of the molecule is CC(NCC1(C(O)c2ccccc2)CC1)c1cccnc1. The molecule has 0 spiro atoms. The van der Waals surface area contributed by atoms with Crippen LogP contribution in [0, 0.1) is 5.41 Å². The maximum absolute atomic E-state index is 10.6. The molecule has 0 bridgehead atoms. The van der Waals surface area contributed by atoms with E-state index in [9.17, 15) is 5.11 Å². The van der Waals surface area contributed by atoms with Gasteiger partial charge in [-0.05, 0) is 37.0 Å². The molecule has 2 aromatic rings. The highest BCUT2D eigenvalue weighted by Crippen LogP contribution is 2.54. The molecule has 1 saturated carbocycles. The molecule has 3 nitrogen and oxygen atoms in total. The fraction of sp³-hybridized carbons (Fsp3) is 0.389. The first kappa shape index (κ1) is 14.2. The Morgan fingerprint density at radius 3 is 2.48 bits per heavy atom. The number of aliphatic hydroxyl groups is 1. The second-order valence-corrected chi connectivity index (χ2v) is 6.06. The van der Waals surface area contributed by atoms with Crippen LogP contribution in [0.2, 0.25) is 0 Å². The van der Waals surface area contributed by atoms with Crippen molar-refractivity contribution < 1.29 is 5.11 Å². The van der Waals surface area contributed by atoms with Crippen molar-refractivity contribution in [2.45, 2.75) is 31.9 Å². The van der Waals surface area contributed by atoms with Crippen LogP contribution in [0.1, 0.15) is 43.0 Å². The van der Waals surface area contributed by atoms with Gasteiger partial charge in [-0.2, -0.15) is 0 Å². The number of aromatic nitrogens is 1. The van der Waals surface area contributed by atoms with Gasteiger partial charge in [0.1, 0.15) is 0 Å². The molecule has 110 valence electrons. The number of hydrogen-bond donors (Lipinski definition) is 2. The standard InChI is InChI=1S/C18H22N2O/c1-14(16-8-5-11-19-12-16)20-13-18(9-10-18)17(21)15-6-3-2-4-7-15/h2-8,11-12,14,17,20-21H,9-10,13H2,1H3. The van der Waals surface area contributed by atoms with Crippen LogP contribution >= 0.6 is 0 Å². The minimum Gasteiger partial charge on any atom is -0.388 e. The van der Waals surface area contributed by atoms with Gasteiger partial charge in [0.05, 0.1) is 6.10 Å². The van der Waals surface area contributed by atoms with E-state index in [1.165, 1.54) is 5.56 Å². The van der Waals surface area contributed by atoms with Crippen LogP contribution in [0.4, 0.5) is 0 Å². The lowest BCUT2D eigenvalue weighted by Crippen LogP contribution is -2.30. The number of hydrogen-bond acceptors (Lipinski definition) is 3. The third-order valence-electron chi connectivity index (χ3n) is 4.53. The van der Waals surface area contributed by atoms with Crippen LogP contribution in [0.3, 0.4) is 0 Å². The van der Waals surface area contributed by atoms with Crippen molar-refractivity contribution in [3.8, 4) is 0 Å². The van der Waals surface area contributed by atoms with E-state index >= 15 is 0 Å². The van der Waals surface area contributed by atoms with Crippen molar-refractivity contribution in [2.75, 3.05) is 6.54 Å². The summed E-state index contributed by atoms with van der Waals surface area (Å²) in [4.78, 5) is 4.16. The Morgan fingerprint density at radius 2 is 1.86 bits per heavy atom. The predicted octanol–water partition coefficient (Wildman–Crippen LogP) is 3.25. The summed E-state index contributed by atoms with van der Waals surface area (Å²) in [5.41, 5.74) is 2.20.